The lowest BCUT2D eigenvalue weighted by atomic mass is 10.1. The van der Waals surface area contributed by atoms with E-state index in [-0.39, 0.29) is 5.82 Å². The fraction of sp³-hybridized carbons (Fsp3) is 0.118. The number of benzene rings is 2. The van der Waals surface area contributed by atoms with E-state index in [0.717, 1.165) is 31.9 Å². The molecule has 0 aliphatic rings. The van der Waals surface area contributed by atoms with Gasteiger partial charge in [-0.25, -0.2) is 9.37 Å². The number of hydrogen-bond donors (Lipinski definition) is 0. The highest BCUT2D eigenvalue weighted by molar-refractivity contribution is 7.98. The van der Waals surface area contributed by atoms with Crippen LogP contribution in [0.2, 0.25) is 10.0 Å². The third kappa shape index (κ3) is 4.70. The first kappa shape index (κ1) is 16.8. The zero-order valence-corrected chi connectivity index (χ0v) is 15.1. The largest absolute Gasteiger partial charge is 0.245 e. The monoisotopic (exact) mass is 383 g/mol. The second kappa shape index (κ2) is 7.67. The average molecular weight is 384 g/mol. The van der Waals surface area contributed by atoms with Crippen molar-refractivity contribution in [3.05, 3.63) is 80.0 Å². The summed E-state index contributed by atoms with van der Waals surface area (Å²) in [6.07, 6.45) is 0.617. The van der Waals surface area contributed by atoms with Crippen LogP contribution in [-0.4, -0.2) is 4.98 Å². The molecule has 0 N–H and O–H groups in total. The highest BCUT2D eigenvalue weighted by atomic mass is 35.5. The minimum atomic E-state index is -0.323. The molecule has 1 heterocycles. The molecule has 0 fully saturated rings. The lowest BCUT2D eigenvalue weighted by Gasteiger charge is -2.02. The zero-order valence-electron chi connectivity index (χ0n) is 11.9. The van der Waals surface area contributed by atoms with E-state index in [9.17, 15) is 4.39 Å². The predicted molar refractivity (Wildman–Crippen MR) is 97.3 cm³/mol. The Balaban J connectivity index is 1.64. The summed E-state index contributed by atoms with van der Waals surface area (Å²) in [7, 11) is 0. The highest BCUT2D eigenvalue weighted by Gasteiger charge is 2.08. The zero-order chi connectivity index (χ0) is 16.2. The van der Waals surface area contributed by atoms with Crippen LogP contribution in [0.4, 0.5) is 4.39 Å². The van der Waals surface area contributed by atoms with Gasteiger partial charge < -0.3 is 0 Å². The number of aromatic nitrogens is 1. The van der Waals surface area contributed by atoms with Crippen molar-refractivity contribution < 1.29 is 4.39 Å². The van der Waals surface area contributed by atoms with E-state index < -0.39 is 0 Å². The minimum absolute atomic E-state index is 0.323. The van der Waals surface area contributed by atoms with Crippen LogP contribution in [0, 0.1) is 5.82 Å². The van der Waals surface area contributed by atoms with E-state index in [1.54, 1.807) is 29.2 Å². The van der Waals surface area contributed by atoms with Gasteiger partial charge in [0.15, 0.2) is 0 Å². The first-order chi connectivity index (χ1) is 11.1. The van der Waals surface area contributed by atoms with Gasteiger partial charge in [-0.15, -0.1) is 23.1 Å². The van der Waals surface area contributed by atoms with Gasteiger partial charge in [-0.3, -0.25) is 0 Å². The van der Waals surface area contributed by atoms with Gasteiger partial charge in [0.1, 0.15) is 5.82 Å². The fourth-order valence-electron chi connectivity index (χ4n) is 2.04. The summed E-state index contributed by atoms with van der Waals surface area (Å²) < 4.78 is 13.1. The molecule has 0 atom stereocenters. The van der Waals surface area contributed by atoms with Gasteiger partial charge in [0, 0.05) is 32.5 Å². The molecule has 6 heteroatoms. The molecule has 0 saturated carbocycles. The van der Waals surface area contributed by atoms with E-state index in [1.807, 2.05) is 29.6 Å². The SMILES string of the molecule is Fc1ccc(Cc2nc(CSc3cccc(Cl)c3)cs2)c(Cl)c1. The maximum absolute atomic E-state index is 13.1. The van der Waals surface area contributed by atoms with Crippen molar-refractivity contribution in [2.45, 2.75) is 17.1 Å². The minimum Gasteiger partial charge on any atom is -0.245 e. The number of nitrogens with zero attached hydrogens (tertiary/aromatic N) is 1. The molecule has 0 amide bonds. The van der Waals surface area contributed by atoms with Crippen LogP contribution in [0.3, 0.4) is 0 Å². The second-order valence-electron chi connectivity index (χ2n) is 4.89. The molecule has 3 rings (SSSR count). The van der Waals surface area contributed by atoms with Gasteiger partial charge >= 0.3 is 0 Å². The van der Waals surface area contributed by atoms with E-state index in [1.165, 1.54) is 12.1 Å². The molecule has 0 aliphatic heterocycles. The molecule has 118 valence electrons. The first-order valence-corrected chi connectivity index (χ1v) is 9.48. The summed E-state index contributed by atoms with van der Waals surface area (Å²) in [6.45, 7) is 0. The molecule has 23 heavy (non-hydrogen) atoms. The number of thiazole rings is 1. The summed E-state index contributed by atoms with van der Waals surface area (Å²) in [6, 6.07) is 12.2. The lowest BCUT2D eigenvalue weighted by molar-refractivity contribution is 0.627. The number of rotatable bonds is 5. The van der Waals surface area contributed by atoms with Crippen molar-refractivity contribution in [3.63, 3.8) is 0 Å². The molecule has 1 nitrogen and oxygen atoms in total. The standard InChI is InChI=1S/C17H12Cl2FNS2/c18-12-2-1-3-15(7-12)22-9-14-10-23-17(21-14)6-11-4-5-13(20)8-16(11)19/h1-5,7-8,10H,6,9H2. The summed E-state index contributed by atoms with van der Waals surface area (Å²) >= 11 is 15.3. The van der Waals surface area contributed by atoms with Crippen LogP contribution < -0.4 is 0 Å². The van der Waals surface area contributed by atoms with Crippen LogP contribution in [0.15, 0.2) is 52.7 Å². The lowest BCUT2D eigenvalue weighted by Crippen LogP contribution is -1.90. The third-order valence-electron chi connectivity index (χ3n) is 3.14. The summed E-state index contributed by atoms with van der Waals surface area (Å²) in [5.41, 5.74) is 1.91. The molecular weight excluding hydrogens is 372 g/mol. The van der Waals surface area contributed by atoms with E-state index in [2.05, 4.69) is 4.98 Å². The van der Waals surface area contributed by atoms with Crippen LogP contribution in [0.25, 0.3) is 0 Å². The van der Waals surface area contributed by atoms with Gasteiger partial charge in [0.25, 0.3) is 0 Å². The molecule has 0 radical (unpaired) electrons. The molecule has 0 spiro atoms. The van der Waals surface area contributed by atoms with E-state index >= 15 is 0 Å². The molecule has 3 aromatic rings. The van der Waals surface area contributed by atoms with Crippen molar-refractivity contribution in [2.24, 2.45) is 0 Å². The van der Waals surface area contributed by atoms with Gasteiger partial charge in [-0.2, -0.15) is 0 Å². The molecule has 0 unspecified atom stereocenters. The number of thioether (sulfide) groups is 1. The van der Waals surface area contributed by atoms with E-state index in [0.29, 0.717) is 11.4 Å². The number of halogens is 3. The van der Waals surface area contributed by atoms with Crippen LogP contribution >= 0.6 is 46.3 Å². The molecule has 0 bridgehead atoms. The Labute approximate surface area is 152 Å². The third-order valence-corrected chi connectivity index (χ3v) is 5.65. The van der Waals surface area contributed by atoms with Crippen molar-refractivity contribution in [2.75, 3.05) is 0 Å². The second-order valence-corrected chi connectivity index (χ2v) is 7.73. The van der Waals surface area contributed by atoms with Gasteiger partial charge in [0.05, 0.1) is 10.7 Å². The summed E-state index contributed by atoms with van der Waals surface area (Å²) in [4.78, 5) is 5.74. The first-order valence-electron chi connectivity index (χ1n) is 6.86. The maximum atomic E-state index is 13.1. The van der Waals surface area contributed by atoms with Crippen LogP contribution in [-0.2, 0) is 12.2 Å². The molecule has 0 aliphatic carbocycles. The van der Waals surface area contributed by atoms with Crippen molar-refractivity contribution in [3.8, 4) is 0 Å². The van der Waals surface area contributed by atoms with Crippen LogP contribution in [0.5, 0.6) is 0 Å². The van der Waals surface area contributed by atoms with E-state index in [4.69, 9.17) is 23.2 Å². The molecule has 0 saturated heterocycles. The molecule has 1 aromatic heterocycles. The molecular formula is C17H12Cl2FNS2. The van der Waals surface area contributed by atoms with Crippen LogP contribution in [0.1, 0.15) is 16.3 Å². The predicted octanol–water partition coefficient (Wildman–Crippen LogP) is 6.47. The van der Waals surface area contributed by atoms with Gasteiger partial charge in [-0.05, 0) is 35.9 Å². The Morgan fingerprint density at radius 3 is 2.78 bits per heavy atom. The summed E-state index contributed by atoms with van der Waals surface area (Å²) in [5.74, 6) is 0.463. The normalized spacial score (nSPS) is 10.9. The summed E-state index contributed by atoms with van der Waals surface area (Å²) in [5, 5.41) is 4.19. The topological polar surface area (TPSA) is 12.9 Å². The van der Waals surface area contributed by atoms with Gasteiger partial charge in [0.2, 0.25) is 0 Å². The maximum Gasteiger partial charge on any atom is 0.124 e. The quantitative estimate of drug-likeness (QED) is 0.468. The Morgan fingerprint density at radius 2 is 2.00 bits per heavy atom. The van der Waals surface area contributed by atoms with Crippen molar-refractivity contribution >= 4 is 46.3 Å². The van der Waals surface area contributed by atoms with Crippen molar-refractivity contribution in [1.29, 1.82) is 0 Å². The smallest absolute Gasteiger partial charge is 0.124 e. The fourth-order valence-corrected chi connectivity index (χ4v) is 4.30. The van der Waals surface area contributed by atoms with Gasteiger partial charge in [-0.1, -0.05) is 35.3 Å². The average Bonchev–Trinajstić information content (AvgIpc) is 2.96. The number of hydrogen-bond acceptors (Lipinski definition) is 3. The Bertz CT molecular complexity index is 820. The highest BCUT2D eigenvalue weighted by Crippen LogP contribution is 2.27. The Morgan fingerprint density at radius 1 is 1.13 bits per heavy atom. The Kier molecular flexibility index (Phi) is 5.59. The van der Waals surface area contributed by atoms with Crippen molar-refractivity contribution in [1.82, 2.24) is 4.98 Å². The molecule has 2 aromatic carbocycles. The Hall–Kier alpha value is -1.07.